The molecule has 0 heterocycles. The van der Waals surface area contributed by atoms with E-state index in [0.717, 1.165) is 25.4 Å². The molecule has 0 fully saturated rings. The number of carbonyl (C=O) groups excluding carboxylic acids is 2. The molecular weight excluding hydrogens is 280 g/mol. The molecule has 0 bridgehead atoms. The van der Waals surface area contributed by atoms with Gasteiger partial charge in [0.25, 0.3) is 0 Å². The molecule has 21 heavy (non-hydrogen) atoms. The maximum Gasteiger partial charge on any atom is 0.330 e. The molecule has 2 N–H and O–H groups in total. The van der Waals surface area contributed by atoms with E-state index in [4.69, 9.17) is 14.9 Å². The summed E-state index contributed by atoms with van der Waals surface area (Å²) in [7, 11) is 0. The normalized spacial score (nSPS) is 8.19. The lowest BCUT2D eigenvalue weighted by molar-refractivity contribution is -0.146. The molecule has 0 unspecified atom stereocenters. The average Bonchev–Trinajstić information content (AvgIpc) is 2.52. The van der Waals surface area contributed by atoms with Gasteiger partial charge in [0.15, 0.2) is 0 Å². The van der Waals surface area contributed by atoms with Crippen molar-refractivity contribution in [2.45, 2.75) is 13.8 Å². The first-order valence-electron chi connectivity index (χ1n) is 6.41. The summed E-state index contributed by atoms with van der Waals surface area (Å²) >= 11 is 0. The van der Waals surface area contributed by atoms with Crippen molar-refractivity contribution in [3.8, 4) is 0 Å². The minimum absolute atomic E-state index is 0.0322. The summed E-state index contributed by atoms with van der Waals surface area (Å²) in [6.45, 7) is 11.9. The molecule has 0 saturated carbocycles. The second kappa shape index (κ2) is 23.4. The molecule has 0 aromatic heterocycles. The van der Waals surface area contributed by atoms with Gasteiger partial charge in [0.2, 0.25) is 0 Å². The van der Waals surface area contributed by atoms with Crippen molar-refractivity contribution in [2.24, 2.45) is 0 Å². The van der Waals surface area contributed by atoms with E-state index in [1.807, 2.05) is 13.8 Å². The molecule has 0 atom stereocenters. The highest BCUT2D eigenvalue weighted by Gasteiger charge is 1.97. The topological polar surface area (TPSA) is 102 Å². The average molecular weight is 306 g/mol. The third kappa shape index (κ3) is 32.1. The highest BCUT2D eigenvalue weighted by atomic mass is 16.6. The highest BCUT2D eigenvalue weighted by Crippen LogP contribution is 1.82. The largest absolute Gasteiger partial charge is 0.459 e. The van der Waals surface area contributed by atoms with Crippen LogP contribution in [0, 0.1) is 0 Å². The monoisotopic (exact) mass is 306 g/mol. The van der Waals surface area contributed by atoms with Gasteiger partial charge in [-0.15, -0.1) is 0 Å². The second-order valence-corrected chi connectivity index (χ2v) is 2.97. The lowest BCUT2D eigenvalue weighted by Crippen LogP contribution is -2.10. The Morgan fingerprint density at radius 2 is 1.24 bits per heavy atom. The van der Waals surface area contributed by atoms with Gasteiger partial charge in [-0.1, -0.05) is 13.2 Å². The van der Waals surface area contributed by atoms with Crippen LogP contribution in [-0.4, -0.2) is 61.8 Å². The van der Waals surface area contributed by atoms with E-state index in [-0.39, 0.29) is 26.4 Å². The smallest absolute Gasteiger partial charge is 0.330 e. The minimum Gasteiger partial charge on any atom is -0.459 e. The summed E-state index contributed by atoms with van der Waals surface area (Å²) in [5.41, 5.74) is 0. The summed E-state index contributed by atoms with van der Waals surface area (Å²) < 4.78 is 13.9. The number of aliphatic hydroxyl groups excluding tert-OH is 2. The first-order valence-corrected chi connectivity index (χ1v) is 6.41. The molecule has 0 amide bonds. The van der Waals surface area contributed by atoms with E-state index in [0.29, 0.717) is 0 Å². The van der Waals surface area contributed by atoms with Gasteiger partial charge in [0, 0.05) is 25.4 Å². The Morgan fingerprint density at radius 3 is 1.38 bits per heavy atom. The summed E-state index contributed by atoms with van der Waals surface area (Å²) in [6.07, 6.45) is 2.07. The molecule has 0 aromatic carbocycles. The van der Waals surface area contributed by atoms with Crippen molar-refractivity contribution in [2.75, 3.05) is 39.6 Å². The van der Waals surface area contributed by atoms with Gasteiger partial charge in [-0.3, -0.25) is 0 Å². The second-order valence-electron chi connectivity index (χ2n) is 2.97. The third-order valence-electron chi connectivity index (χ3n) is 1.41. The van der Waals surface area contributed by atoms with Crippen molar-refractivity contribution < 1.29 is 34.0 Å². The van der Waals surface area contributed by atoms with Gasteiger partial charge < -0.3 is 24.4 Å². The molecule has 0 rings (SSSR count). The highest BCUT2D eigenvalue weighted by molar-refractivity contribution is 5.81. The van der Waals surface area contributed by atoms with Gasteiger partial charge in [0.1, 0.15) is 13.2 Å². The number of esters is 2. The number of ether oxygens (including phenoxy) is 3. The first kappa shape index (κ1) is 24.3. The van der Waals surface area contributed by atoms with Crippen LogP contribution in [0.25, 0.3) is 0 Å². The molecular formula is C14H26O7. The summed E-state index contributed by atoms with van der Waals surface area (Å²) in [6, 6.07) is 0. The van der Waals surface area contributed by atoms with Crippen molar-refractivity contribution in [1.29, 1.82) is 0 Å². The number of carbonyl (C=O) groups is 2. The standard InChI is InChI=1S/C8H10O4.C4H10O.C2H6O2/c1-3-7(9)11-5-6-12-8(10)4-2;1-3-5-4-2;3-1-2-4/h3-4H,1-2,5-6H2;3-4H2,1-2H3;3-4H,1-2H2. The number of hydrogen-bond donors (Lipinski definition) is 2. The van der Waals surface area contributed by atoms with Crippen LogP contribution < -0.4 is 0 Å². The fourth-order valence-corrected chi connectivity index (χ4v) is 0.606. The van der Waals surface area contributed by atoms with E-state index >= 15 is 0 Å². The van der Waals surface area contributed by atoms with E-state index in [2.05, 4.69) is 22.6 Å². The zero-order valence-corrected chi connectivity index (χ0v) is 12.7. The molecule has 124 valence electrons. The molecule has 0 aliphatic rings. The zero-order chi connectivity index (χ0) is 16.9. The molecule has 7 heteroatoms. The summed E-state index contributed by atoms with van der Waals surface area (Å²) in [5, 5.41) is 15.2. The van der Waals surface area contributed by atoms with Crippen LogP contribution in [0.5, 0.6) is 0 Å². The fourth-order valence-electron chi connectivity index (χ4n) is 0.606. The van der Waals surface area contributed by atoms with E-state index in [1.165, 1.54) is 0 Å². The number of aliphatic hydroxyl groups is 2. The Balaban J connectivity index is -0.000000297. The Hall–Kier alpha value is -1.70. The predicted molar refractivity (Wildman–Crippen MR) is 78.7 cm³/mol. The van der Waals surface area contributed by atoms with Gasteiger partial charge in [-0.25, -0.2) is 9.59 Å². The third-order valence-corrected chi connectivity index (χ3v) is 1.41. The Morgan fingerprint density at radius 1 is 0.905 bits per heavy atom. The maximum atomic E-state index is 10.4. The van der Waals surface area contributed by atoms with Crippen LogP contribution in [0.15, 0.2) is 25.3 Å². The molecule has 0 spiro atoms. The van der Waals surface area contributed by atoms with Crippen molar-refractivity contribution in [3.63, 3.8) is 0 Å². The SMILES string of the molecule is C=CC(=O)OCCOC(=O)C=C.CCOCC.OCCO. The van der Waals surface area contributed by atoms with Crippen LogP contribution in [0.1, 0.15) is 13.8 Å². The molecule has 0 radical (unpaired) electrons. The summed E-state index contributed by atoms with van der Waals surface area (Å²) in [5.74, 6) is -1.07. The Labute approximate surface area is 125 Å². The molecule has 0 aliphatic carbocycles. The van der Waals surface area contributed by atoms with E-state index in [9.17, 15) is 9.59 Å². The zero-order valence-electron chi connectivity index (χ0n) is 12.7. The molecule has 0 saturated heterocycles. The lowest BCUT2D eigenvalue weighted by Gasteiger charge is -2.01. The van der Waals surface area contributed by atoms with Crippen LogP contribution in [0.4, 0.5) is 0 Å². The minimum atomic E-state index is -0.537. The molecule has 0 aromatic rings. The van der Waals surface area contributed by atoms with Gasteiger partial charge >= 0.3 is 11.9 Å². The lowest BCUT2D eigenvalue weighted by atomic mass is 10.6. The quantitative estimate of drug-likeness (QED) is 0.381. The van der Waals surface area contributed by atoms with E-state index in [1.54, 1.807) is 0 Å². The van der Waals surface area contributed by atoms with Gasteiger partial charge in [0.05, 0.1) is 13.2 Å². The predicted octanol–water partition coefficient (Wildman–Crippen LogP) is 0.459. The van der Waals surface area contributed by atoms with Crippen LogP contribution in [0.2, 0.25) is 0 Å². The van der Waals surface area contributed by atoms with Crippen molar-refractivity contribution >= 4 is 11.9 Å². The number of rotatable bonds is 8. The van der Waals surface area contributed by atoms with Gasteiger partial charge in [-0.05, 0) is 13.8 Å². The molecule has 0 aliphatic heterocycles. The maximum absolute atomic E-state index is 10.4. The first-order chi connectivity index (χ1) is 10.0. The Kier molecular flexibility index (Phi) is 27.1. The Bertz CT molecular complexity index is 238. The van der Waals surface area contributed by atoms with Crippen LogP contribution >= 0.6 is 0 Å². The number of hydrogen-bond acceptors (Lipinski definition) is 7. The van der Waals surface area contributed by atoms with Crippen LogP contribution in [0.3, 0.4) is 0 Å². The fraction of sp³-hybridized carbons (Fsp3) is 0.571. The van der Waals surface area contributed by atoms with Crippen LogP contribution in [-0.2, 0) is 23.8 Å². The molecule has 7 nitrogen and oxygen atoms in total. The van der Waals surface area contributed by atoms with Crippen molar-refractivity contribution in [1.82, 2.24) is 0 Å². The van der Waals surface area contributed by atoms with Gasteiger partial charge in [-0.2, -0.15) is 0 Å². The van der Waals surface area contributed by atoms with Crippen molar-refractivity contribution in [3.05, 3.63) is 25.3 Å². The van der Waals surface area contributed by atoms with E-state index < -0.39 is 11.9 Å². The summed E-state index contributed by atoms with van der Waals surface area (Å²) in [4.78, 5) is 20.9.